The molecule has 0 radical (unpaired) electrons. The maximum atomic E-state index is 12.1. The van der Waals surface area contributed by atoms with E-state index in [0.29, 0.717) is 18.4 Å². The fourth-order valence-corrected chi connectivity index (χ4v) is 2.47. The summed E-state index contributed by atoms with van der Waals surface area (Å²) in [6, 6.07) is 9.20. The van der Waals surface area contributed by atoms with E-state index in [1.54, 1.807) is 12.1 Å². The van der Waals surface area contributed by atoms with Crippen LogP contribution < -0.4 is 0 Å². The van der Waals surface area contributed by atoms with Crippen molar-refractivity contribution < 1.29 is 9.59 Å². The number of rotatable bonds is 4. The maximum Gasteiger partial charge on any atom is 0.223 e. The SMILES string of the molecule is O=C(CCC(=O)N1CCCCCC1)c1ccccc1. The van der Waals surface area contributed by atoms with Crippen molar-refractivity contribution in [3.63, 3.8) is 0 Å². The van der Waals surface area contributed by atoms with Crippen LogP contribution in [0.4, 0.5) is 0 Å². The number of hydrogen-bond donors (Lipinski definition) is 0. The van der Waals surface area contributed by atoms with Crippen molar-refractivity contribution in [1.82, 2.24) is 4.90 Å². The molecule has 1 aromatic carbocycles. The van der Waals surface area contributed by atoms with Crippen molar-refractivity contribution in [3.05, 3.63) is 35.9 Å². The molecule has 1 aliphatic rings. The van der Waals surface area contributed by atoms with Crippen LogP contribution >= 0.6 is 0 Å². The molecule has 0 aliphatic carbocycles. The van der Waals surface area contributed by atoms with E-state index in [9.17, 15) is 9.59 Å². The van der Waals surface area contributed by atoms with Crippen LogP contribution in [-0.4, -0.2) is 29.7 Å². The molecule has 102 valence electrons. The third kappa shape index (κ3) is 4.19. The van der Waals surface area contributed by atoms with Gasteiger partial charge in [-0.2, -0.15) is 0 Å². The highest BCUT2D eigenvalue weighted by atomic mass is 16.2. The minimum atomic E-state index is 0.0590. The van der Waals surface area contributed by atoms with E-state index in [-0.39, 0.29) is 11.7 Å². The van der Waals surface area contributed by atoms with Gasteiger partial charge in [0.25, 0.3) is 0 Å². The summed E-state index contributed by atoms with van der Waals surface area (Å²) in [7, 11) is 0. The minimum Gasteiger partial charge on any atom is -0.343 e. The highest BCUT2D eigenvalue weighted by molar-refractivity contribution is 5.97. The average Bonchev–Trinajstić information content (AvgIpc) is 2.74. The molecule has 1 aromatic rings. The Balaban J connectivity index is 1.81. The molecular weight excluding hydrogens is 238 g/mol. The van der Waals surface area contributed by atoms with Crippen LogP contribution in [0.1, 0.15) is 48.9 Å². The zero-order valence-electron chi connectivity index (χ0n) is 11.3. The molecule has 19 heavy (non-hydrogen) atoms. The number of likely N-dealkylation sites (tertiary alicyclic amines) is 1. The third-order valence-electron chi connectivity index (χ3n) is 3.62. The van der Waals surface area contributed by atoms with Crippen molar-refractivity contribution >= 4 is 11.7 Å². The lowest BCUT2D eigenvalue weighted by atomic mass is 10.1. The fourth-order valence-electron chi connectivity index (χ4n) is 2.47. The van der Waals surface area contributed by atoms with E-state index in [4.69, 9.17) is 0 Å². The smallest absolute Gasteiger partial charge is 0.223 e. The minimum absolute atomic E-state index is 0.0590. The first kappa shape index (κ1) is 13.8. The summed E-state index contributed by atoms with van der Waals surface area (Å²) in [5, 5.41) is 0. The highest BCUT2D eigenvalue weighted by Gasteiger charge is 2.16. The first-order valence-electron chi connectivity index (χ1n) is 7.13. The topological polar surface area (TPSA) is 37.4 Å². The van der Waals surface area contributed by atoms with Crippen molar-refractivity contribution in [1.29, 1.82) is 0 Å². The Morgan fingerprint density at radius 1 is 0.895 bits per heavy atom. The summed E-state index contributed by atoms with van der Waals surface area (Å²) in [4.78, 5) is 25.9. The van der Waals surface area contributed by atoms with Crippen molar-refractivity contribution in [2.45, 2.75) is 38.5 Å². The van der Waals surface area contributed by atoms with E-state index < -0.39 is 0 Å². The summed E-state index contributed by atoms with van der Waals surface area (Å²) >= 11 is 0. The number of hydrogen-bond acceptors (Lipinski definition) is 2. The van der Waals surface area contributed by atoms with Crippen LogP contribution in [0, 0.1) is 0 Å². The molecule has 3 heteroatoms. The molecule has 0 saturated carbocycles. The summed E-state index contributed by atoms with van der Waals surface area (Å²) in [6.45, 7) is 1.72. The van der Waals surface area contributed by atoms with E-state index in [0.717, 1.165) is 25.9 Å². The Labute approximate surface area is 114 Å². The van der Waals surface area contributed by atoms with Crippen LogP contribution in [-0.2, 0) is 4.79 Å². The van der Waals surface area contributed by atoms with Crippen molar-refractivity contribution in [3.8, 4) is 0 Å². The van der Waals surface area contributed by atoms with Crippen LogP contribution in [0.5, 0.6) is 0 Å². The molecule has 1 fully saturated rings. The molecule has 0 atom stereocenters. The Bertz CT molecular complexity index is 420. The van der Waals surface area contributed by atoms with Gasteiger partial charge >= 0.3 is 0 Å². The molecule has 2 rings (SSSR count). The number of amides is 1. The number of carbonyl (C=O) groups excluding carboxylic acids is 2. The first-order chi connectivity index (χ1) is 9.27. The predicted molar refractivity (Wildman–Crippen MR) is 75.1 cm³/mol. The van der Waals surface area contributed by atoms with Gasteiger partial charge in [-0.1, -0.05) is 43.2 Å². The van der Waals surface area contributed by atoms with Gasteiger partial charge in [-0.15, -0.1) is 0 Å². The summed E-state index contributed by atoms with van der Waals surface area (Å²) in [6.07, 6.45) is 5.28. The Morgan fingerprint density at radius 2 is 1.53 bits per heavy atom. The van der Waals surface area contributed by atoms with Crippen molar-refractivity contribution in [2.75, 3.05) is 13.1 Å². The largest absolute Gasteiger partial charge is 0.343 e. The Hall–Kier alpha value is -1.64. The van der Waals surface area contributed by atoms with Gasteiger partial charge in [-0.3, -0.25) is 9.59 Å². The average molecular weight is 259 g/mol. The molecule has 0 spiro atoms. The summed E-state index contributed by atoms with van der Waals surface area (Å²) in [5.41, 5.74) is 0.700. The second-order valence-electron chi connectivity index (χ2n) is 5.08. The first-order valence-corrected chi connectivity index (χ1v) is 7.13. The molecule has 0 aromatic heterocycles. The second-order valence-corrected chi connectivity index (χ2v) is 5.08. The van der Waals surface area contributed by atoms with Crippen LogP contribution in [0.2, 0.25) is 0 Å². The molecule has 1 aliphatic heterocycles. The predicted octanol–water partition coefficient (Wildman–Crippen LogP) is 3.05. The maximum absolute atomic E-state index is 12.1. The van der Waals surface area contributed by atoms with Gasteiger partial charge in [0.1, 0.15) is 0 Å². The van der Waals surface area contributed by atoms with Gasteiger partial charge in [-0.05, 0) is 12.8 Å². The number of carbonyl (C=O) groups is 2. The number of benzene rings is 1. The van der Waals surface area contributed by atoms with Crippen molar-refractivity contribution in [2.24, 2.45) is 0 Å². The monoisotopic (exact) mass is 259 g/mol. The molecular formula is C16H21NO2. The molecule has 1 amide bonds. The number of nitrogens with zero attached hydrogens (tertiary/aromatic N) is 1. The lowest BCUT2D eigenvalue weighted by molar-refractivity contribution is -0.131. The number of Topliss-reactive ketones (excluding diaryl/α,β-unsaturated/α-hetero) is 1. The highest BCUT2D eigenvalue weighted by Crippen LogP contribution is 2.12. The zero-order valence-corrected chi connectivity index (χ0v) is 11.3. The van der Waals surface area contributed by atoms with E-state index in [1.807, 2.05) is 23.1 Å². The molecule has 0 bridgehead atoms. The Kier molecular flexibility index (Phi) is 5.13. The Morgan fingerprint density at radius 3 is 2.16 bits per heavy atom. The lowest BCUT2D eigenvalue weighted by Crippen LogP contribution is -2.32. The molecule has 3 nitrogen and oxygen atoms in total. The van der Waals surface area contributed by atoms with Gasteiger partial charge in [0.05, 0.1) is 0 Å². The van der Waals surface area contributed by atoms with Gasteiger partial charge in [0.15, 0.2) is 5.78 Å². The zero-order chi connectivity index (χ0) is 13.5. The molecule has 0 unspecified atom stereocenters. The second kappa shape index (κ2) is 7.07. The van der Waals surface area contributed by atoms with Crippen LogP contribution in [0.15, 0.2) is 30.3 Å². The van der Waals surface area contributed by atoms with E-state index >= 15 is 0 Å². The lowest BCUT2D eigenvalue weighted by Gasteiger charge is -2.19. The van der Waals surface area contributed by atoms with Gasteiger partial charge in [0, 0.05) is 31.5 Å². The fraction of sp³-hybridized carbons (Fsp3) is 0.500. The van der Waals surface area contributed by atoms with E-state index in [2.05, 4.69) is 0 Å². The quantitative estimate of drug-likeness (QED) is 0.779. The number of ketones is 1. The molecule has 0 N–H and O–H groups in total. The van der Waals surface area contributed by atoms with Crippen LogP contribution in [0.25, 0.3) is 0 Å². The van der Waals surface area contributed by atoms with E-state index in [1.165, 1.54) is 12.8 Å². The van der Waals surface area contributed by atoms with Gasteiger partial charge in [0.2, 0.25) is 5.91 Å². The van der Waals surface area contributed by atoms with Gasteiger partial charge in [-0.25, -0.2) is 0 Å². The molecule has 1 heterocycles. The van der Waals surface area contributed by atoms with Crippen LogP contribution in [0.3, 0.4) is 0 Å². The third-order valence-corrected chi connectivity index (χ3v) is 3.62. The summed E-state index contributed by atoms with van der Waals surface area (Å²) in [5.74, 6) is 0.190. The molecule has 1 saturated heterocycles. The standard InChI is InChI=1S/C16H21NO2/c18-15(14-8-4-3-5-9-14)10-11-16(19)17-12-6-1-2-7-13-17/h3-5,8-9H,1-2,6-7,10-13H2. The van der Waals surface area contributed by atoms with Gasteiger partial charge < -0.3 is 4.90 Å². The normalized spacial score (nSPS) is 15.9. The summed E-state index contributed by atoms with van der Waals surface area (Å²) < 4.78 is 0.